The van der Waals surface area contributed by atoms with Gasteiger partial charge in [0.15, 0.2) is 11.9 Å². The summed E-state index contributed by atoms with van der Waals surface area (Å²) in [6, 6.07) is 1.73. The van der Waals surface area contributed by atoms with E-state index >= 15 is 0 Å². The molecule has 6 heteroatoms. The maximum Gasteiger partial charge on any atom is 0.355 e. The van der Waals surface area contributed by atoms with E-state index in [4.69, 9.17) is 4.74 Å². The number of Topliss-reactive ketones (excluding diaryl/α,β-unsaturated/α-hetero) is 1. The fourth-order valence-corrected chi connectivity index (χ4v) is 2.33. The maximum absolute atomic E-state index is 12.0. The van der Waals surface area contributed by atoms with Gasteiger partial charge in [0.1, 0.15) is 5.69 Å². The third-order valence-electron chi connectivity index (χ3n) is 2.99. The molecule has 0 radical (unpaired) electrons. The second kappa shape index (κ2) is 5.58. The second-order valence-corrected chi connectivity index (χ2v) is 5.70. The van der Waals surface area contributed by atoms with E-state index in [0.717, 1.165) is 16.3 Å². The average molecular weight is 292 g/mol. The van der Waals surface area contributed by atoms with Crippen molar-refractivity contribution in [3.63, 3.8) is 0 Å². The van der Waals surface area contributed by atoms with Crippen LogP contribution >= 0.6 is 11.3 Å². The molecule has 0 unspecified atom stereocenters. The third kappa shape index (κ3) is 2.96. The van der Waals surface area contributed by atoms with Crippen molar-refractivity contribution in [2.75, 3.05) is 0 Å². The van der Waals surface area contributed by atoms with E-state index in [1.54, 1.807) is 35.9 Å². The minimum atomic E-state index is -0.734. The first-order chi connectivity index (χ1) is 9.38. The molecular weight excluding hydrogens is 276 g/mol. The van der Waals surface area contributed by atoms with E-state index in [0.29, 0.717) is 5.69 Å². The van der Waals surface area contributed by atoms with Gasteiger partial charge in [-0.1, -0.05) is 0 Å². The van der Waals surface area contributed by atoms with Crippen LogP contribution in [0.3, 0.4) is 0 Å². The molecule has 0 saturated carbocycles. The van der Waals surface area contributed by atoms with E-state index in [9.17, 15) is 9.59 Å². The van der Waals surface area contributed by atoms with Crippen LogP contribution in [0.4, 0.5) is 0 Å². The molecule has 106 valence electrons. The molecule has 0 bridgehead atoms. The zero-order valence-corrected chi connectivity index (χ0v) is 12.7. The van der Waals surface area contributed by atoms with Crippen molar-refractivity contribution in [2.45, 2.75) is 26.9 Å². The van der Waals surface area contributed by atoms with Gasteiger partial charge in [0.25, 0.3) is 0 Å². The smallest absolute Gasteiger partial charge is 0.355 e. The number of ketones is 1. The van der Waals surface area contributed by atoms with Gasteiger partial charge in [0.2, 0.25) is 0 Å². The van der Waals surface area contributed by atoms with E-state index in [1.165, 1.54) is 6.92 Å². The average Bonchev–Trinajstić information content (AvgIpc) is 2.95. The molecule has 0 spiro atoms. The molecular formula is C14H16N2O3S. The summed E-state index contributed by atoms with van der Waals surface area (Å²) < 4.78 is 6.79. The normalized spacial score (nSPS) is 12.2. The lowest BCUT2D eigenvalue weighted by Gasteiger charge is -2.09. The van der Waals surface area contributed by atoms with E-state index in [1.807, 2.05) is 18.5 Å². The molecule has 0 aromatic carbocycles. The molecule has 0 N–H and O–H groups in total. The van der Waals surface area contributed by atoms with E-state index in [-0.39, 0.29) is 5.78 Å². The number of thiazole rings is 1. The molecule has 2 heterocycles. The highest BCUT2D eigenvalue weighted by molar-refractivity contribution is 7.09. The lowest BCUT2D eigenvalue weighted by Crippen LogP contribution is -2.22. The zero-order valence-electron chi connectivity index (χ0n) is 11.8. The number of rotatable bonds is 4. The molecule has 0 aliphatic carbocycles. The Morgan fingerprint density at radius 3 is 2.70 bits per heavy atom. The Bertz CT molecular complexity index is 657. The fraction of sp³-hybridized carbons (Fsp3) is 0.357. The largest absolute Gasteiger partial charge is 0.450 e. The van der Waals surface area contributed by atoms with Crippen LogP contribution in [0, 0.1) is 6.92 Å². The van der Waals surface area contributed by atoms with Crippen LogP contribution in [0.5, 0.6) is 0 Å². The minimum Gasteiger partial charge on any atom is -0.450 e. The summed E-state index contributed by atoms with van der Waals surface area (Å²) in [6.07, 6.45) is 1.09. The zero-order chi connectivity index (χ0) is 14.9. The van der Waals surface area contributed by atoms with E-state index in [2.05, 4.69) is 4.98 Å². The van der Waals surface area contributed by atoms with Gasteiger partial charge in [-0.2, -0.15) is 0 Å². The maximum atomic E-state index is 12.0. The predicted octanol–water partition coefficient (Wildman–Crippen LogP) is 2.59. The highest BCUT2D eigenvalue weighted by Gasteiger charge is 2.19. The van der Waals surface area contributed by atoms with Crippen LogP contribution in [-0.4, -0.2) is 27.4 Å². The summed E-state index contributed by atoms with van der Waals surface area (Å²) in [5.74, 6) is -0.684. The summed E-state index contributed by atoms with van der Waals surface area (Å²) >= 11 is 1.56. The van der Waals surface area contributed by atoms with E-state index < -0.39 is 12.1 Å². The molecule has 2 rings (SSSR count). The van der Waals surface area contributed by atoms with Gasteiger partial charge in [-0.25, -0.2) is 9.78 Å². The van der Waals surface area contributed by atoms with Crippen molar-refractivity contribution in [3.05, 3.63) is 28.3 Å². The lowest BCUT2D eigenvalue weighted by molar-refractivity contribution is -0.124. The van der Waals surface area contributed by atoms with Crippen LogP contribution in [-0.2, 0) is 16.6 Å². The van der Waals surface area contributed by atoms with Crippen molar-refractivity contribution in [3.8, 4) is 11.3 Å². The van der Waals surface area contributed by atoms with Gasteiger partial charge in [-0.05, 0) is 26.8 Å². The third-order valence-corrected chi connectivity index (χ3v) is 3.76. The summed E-state index contributed by atoms with van der Waals surface area (Å²) in [4.78, 5) is 27.5. The molecule has 2 aromatic heterocycles. The fourth-order valence-electron chi connectivity index (χ4n) is 1.71. The number of ether oxygens (including phenoxy) is 1. The molecule has 0 aliphatic rings. The van der Waals surface area contributed by atoms with Crippen LogP contribution in [0.15, 0.2) is 17.6 Å². The van der Waals surface area contributed by atoms with Crippen molar-refractivity contribution in [2.24, 2.45) is 7.05 Å². The predicted molar refractivity (Wildman–Crippen MR) is 76.8 cm³/mol. The standard InChI is InChI=1S/C14H16N2O3S/c1-8(17)9(2)19-14(18)13-5-11(6-16(13)4)12-7-20-10(3)15-12/h5-7,9H,1-4H3/t9-/m0/s1. The van der Waals surface area contributed by atoms with Gasteiger partial charge in [-0.3, -0.25) is 4.79 Å². The number of nitrogens with zero attached hydrogens (tertiary/aromatic N) is 2. The topological polar surface area (TPSA) is 61.2 Å². The van der Waals surface area contributed by atoms with Gasteiger partial charge in [0, 0.05) is 24.2 Å². The minimum absolute atomic E-state index is 0.178. The molecule has 0 amide bonds. The first-order valence-corrected chi connectivity index (χ1v) is 7.06. The van der Waals surface area contributed by atoms with Crippen LogP contribution in [0.2, 0.25) is 0 Å². The number of aryl methyl sites for hydroxylation is 2. The monoisotopic (exact) mass is 292 g/mol. The summed E-state index contributed by atoms with van der Waals surface area (Å²) in [7, 11) is 1.76. The molecule has 20 heavy (non-hydrogen) atoms. The number of hydrogen-bond donors (Lipinski definition) is 0. The van der Waals surface area contributed by atoms with Crippen molar-refractivity contribution in [1.82, 2.24) is 9.55 Å². The first-order valence-electron chi connectivity index (χ1n) is 6.18. The van der Waals surface area contributed by atoms with Crippen molar-refractivity contribution < 1.29 is 14.3 Å². The van der Waals surface area contributed by atoms with Crippen molar-refractivity contribution >= 4 is 23.1 Å². The number of esters is 1. The SMILES string of the molecule is CC(=O)[C@H](C)OC(=O)c1cc(-c2csc(C)n2)cn1C. The van der Waals surface area contributed by atoms with Gasteiger partial charge >= 0.3 is 5.97 Å². The van der Waals surface area contributed by atoms with Crippen LogP contribution < -0.4 is 0 Å². The van der Waals surface area contributed by atoms with Gasteiger partial charge in [-0.15, -0.1) is 11.3 Å². The van der Waals surface area contributed by atoms with Gasteiger partial charge < -0.3 is 9.30 Å². The Kier molecular flexibility index (Phi) is 4.04. The molecule has 5 nitrogen and oxygen atoms in total. The number of hydrogen-bond acceptors (Lipinski definition) is 5. The van der Waals surface area contributed by atoms with Crippen molar-refractivity contribution in [1.29, 1.82) is 0 Å². The summed E-state index contributed by atoms with van der Waals surface area (Å²) in [6.45, 7) is 4.89. The van der Waals surface area contributed by atoms with Gasteiger partial charge in [0.05, 0.1) is 10.7 Å². The second-order valence-electron chi connectivity index (χ2n) is 4.63. The Morgan fingerprint density at radius 2 is 2.15 bits per heavy atom. The number of aromatic nitrogens is 2. The molecule has 0 saturated heterocycles. The highest BCUT2D eigenvalue weighted by atomic mass is 32.1. The molecule has 0 aliphatic heterocycles. The molecule has 2 aromatic rings. The quantitative estimate of drug-likeness (QED) is 0.813. The summed E-state index contributed by atoms with van der Waals surface area (Å²) in [5, 5.41) is 2.91. The first kappa shape index (κ1) is 14.5. The highest BCUT2D eigenvalue weighted by Crippen LogP contribution is 2.24. The molecule has 0 fully saturated rings. The lowest BCUT2D eigenvalue weighted by atomic mass is 10.2. The Morgan fingerprint density at radius 1 is 1.45 bits per heavy atom. The Balaban J connectivity index is 2.23. The summed E-state index contributed by atoms with van der Waals surface area (Å²) in [5.41, 5.74) is 2.10. The Hall–Kier alpha value is -1.95. The number of carbonyl (C=O) groups excluding carboxylic acids is 2. The molecule has 1 atom stereocenters. The Labute approximate surface area is 121 Å². The van der Waals surface area contributed by atoms with Crippen LogP contribution in [0.1, 0.15) is 29.3 Å². The number of carbonyl (C=O) groups is 2. The van der Waals surface area contributed by atoms with Crippen LogP contribution in [0.25, 0.3) is 11.3 Å².